The lowest BCUT2D eigenvalue weighted by Crippen LogP contribution is -2.32. The molecule has 0 aromatic carbocycles. The smallest absolute Gasteiger partial charge is 0.356 e. The van der Waals surface area contributed by atoms with E-state index in [1.165, 1.54) is 6.20 Å². The van der Waals surface area contributed by atoms with Gasteiger partial charge in [-0.2, -0.15) is 0 Å². The molecule has 0 aliphatic carbocycles. The van der Waals surface area contributed by atoms with Crippen LogP contribution in [0.4, 0.5) is 5.82 Å². The van der Waals surface area contributed by atoms with Gasteiger partial charge in [-0.1, -0.05) is 0 Å². The molecule has 0 radical (unpaired) electrons. The lowest BCUT2D eigenvalue weighted by molar-refractivity contribution is -0.137. The van der Waals surface area contributed by atoms with Gasteiger partial charge < -0.3 is 15.5 Å². The van der Waals surface area contributed by atoms with Gasteiger partial charge in [0.15, 0.2) is 5.69 Å². The summed E-state index contributed by atoms with van der Waals surface area (Å²) in [5, 5.41) is 20.3. The van der Waals surface area contributed by atoms with Crippen LogP contribution in [0.1, 0.15) is 37.2 Å². The molecule has 3 N–H and O–H groups in total. The van der Waals surface area contributed by atoms with E-state index in [0.29, 0.717) is 12.2 Å². The standard InChI is InChI=1S/C11H15N3O4/c1-11(2,4-3-9(15)16)14-8-6-12-7(5-13-8)10(17)18/h5-6H,3-4H2,1-2H3,(H,13,14)(H,15,16)(H,17,18). The number of nitrogens with one attached hydrogen (secondary N) is 1. The van der Waals surface area contributed by atoms with E-state index in [4.69, 9.17) is 10.2 Å². The maximum absolute atomic E-state index is 10.6. The third-order valence-corrected chi connectivity index (χ3v) is 2.30. The minimum Gasteiger partial charge on any atom is -0.481 e. The van der Waals surface area contributed by atoms with Crippen LogP contribution in [0.5, 0.6) is 0 Å². The Morgan fingerprint density at radius 1 is 1.28 bits per heavy atom. The maximum atomic E-state index is 10.6. The Labute approximate surface area is 104 Å². The maximum Gasteiger partial charge on any atom is 0.356 e. The zero-order valence-electron chi connectivity index (χ0n) is 10.2. The first-order chi connectivity index (χ1) is 8.30. The highest BCUT2D eigenvalue weighted by molar-refractivity contribution is 5.84. The zero-order valence-corrected chi connectivity index (χ0v) is 10.2. The second kappa shape index (κ2) is 5.44. The number of hydrogen-bond acceptors (Lipinski definition) is 5. The van der Waals surface area contributed by atoms with Crippen LogP contribution < -0.4 is 5.32 Å². The summed E-state index contributed by atoms with van der Waals surface area (Å²) in [7, 11) is 0. The van der Waals surface area contributed by atoms with Gasteiger partial charge in [-0.15, -0.1) is 0 Å². The van der Waals surface area contributed by atoms with Crippen LogP contribution in [-0.4, -0.2) is 37.7 Å². The molecule has 7 nitrogen and oxygen atoms in total. The fourth-order valence-electron chi connectivity index (χ4n) is 1.33. The van der Waals surface area contributed by atoms with Crippen molar-refractivity contribution in [2.45, 2.75) is 32.2 Å². The van der Waals surface area contributed by atoms with Crippen LogP contribution in [-0.2, 0) is 4.79 Å². The normalized spacial score (nSPS) is 11.0. The number of nitrogens with zero attached hydrogens (tertiary/aromatic N) is 2. The number of carboxylic acids is 2. The van der Waals surface area contributed by atoms with Crippen molar-refractivity contribution < 1.29 is 19.8 Å². The van der Waals surface area contributed by atoms with E-state index in [1.807, 2.05) is 13.8 Å². The summed E-state index contributed by atoms with van der Waals surface area (Å²) in [6, 6.07) is 0. The van der Waals surface area contributed by atoms with Crippen molar-refractivity contribution in [1.82, 2.24) is 9.97 Å². The minimum atomic E-state index is -1.14. The summed E-state index contributed by atoms with van der Waals surface area (Å²) in [6.07, 6.45) is 2.93. The third kappa shape index (κ3) is 4.36. The van der Waals surface area contributed by atoms with Crippen LogP contribution in [0.3, 0.4) is 0 Å². The topological polar surface area (TPSA) is 112 Å². The average molecular weight is 253 g/mol. The largest absolute Gasteiger partial charge is 0.481 e. The first-order valence-electron chi connectivity index (χ1n) is 5.35. The van der Waals surface area contributed by atoms with Crippen LogP contribution in [0, 0.1) is 0 Å². The monoisotopic (exact) mass is 253 g/mol. The second-order valence-corrected chi connectivity index (χ2v) is 4.49. The van der Waals surface area contributed by atoms with Gasteiger partial charge in [-0.05, 0) is 20.3 Å². The summed E-state index contributed by atoms with van der Waals surface area (Å²) < 4.78 is 0. The highest BCUT2D eigenvalue weighted by Gasteiger charge is 2.19. The third-order valence-electron chi connectivity index (χ3n) is 2.30. The molecule has 1 aromatic heterocycles. The molecule has 0 saturated heterocycles. The molecule has 0 amide bonds. The molecule has 0 unspecified atom stereocenters. The van der Waals surface area contributed by atoms with Crippen molar-refractivity contribution in [3.8, 4) is 0 Å². The van der Waals surface area contributed by atoms with Crippen molar-refractivity contribution in [2.75, 3.05) is 5.32 Å². The fourth-order valence-corrected chi connectivity index (χ4v) is 1.33. The van der Waals surface area contributed by atoms with Crippen molar-refractivity contribution in [3.05, 3.63) is 18.1 Å². The van der Waals surface area contributed by atoms with E-state index in [-0.39, 0.29) is 12.1 Å². The zero-order chi connectivity index (χ0) is 13.8. The second-order valence-electron chi connectivity index (χ2n) is 4.49. The Morgan fingerprint density at radius 2 is 1.94 bits per heavy atom. The van der Waals surface area contributed by atoms with Crippen LogP contribution in [0.25, 0.3) is 0 Å². The lowest BCUT2D eigenvalue weighted by Gasteiger charge is -2.26. The number of carbonyl (C=O) groups is 2. The van der Waals surface area contributed by atoms with E-state index >= 15 is 0 Å². The Morgan fingerprint density at radius 3 is 2.39 bits per heavy atom. The van der Waals surface area contributed by atoms with Crippen LogP contribution >= 0.6 is 0 Å². The summed E-state index contributed by atoms with van der Waals surface area (Å²) in [5.74, 6) is -1.59. The molecule has 98 valence electrons. The molecule has 0 bridgehead atoms. The molecule has 1 rings (SSSR count). The number of hydrogen-bond donors (Lipinski definition) is 3. The molecule has 1 heterocycles. The summed E-state index contributed by atoms with van der Waals surface area (Å²) in [6.45, 7) is 3.67. The molecule has 0 saturated carbocycles. The molecular formula is C11H15N3O4. The van der Waals surface area contributed by atoms with E-state index in [9.17, 15) is 9.59 Å². The molecule has 18 heavy (non-hydrogen) atoms. The number of carboxylic acid groups (broad SMARTS) is 2. The van der Waals surface area contributed by atoms with E-state index in [1.54, 1.807) is 0 Å². The van der Waals surface area contributed by atoms with E-state index in [2.05, 4.69) is 15.3 Å². The SMILES string of the molecule is CC(C)(CCC(=O)O)Nc1cnc(C(=O)O)cn1. The van der Waals surface area contributed by atoms with Gasteiger partial charge in [0.05, 0.1) is 12.4 Å². The number of aromatic nitrogens is 2. The quantitative estimate of drug-likeness (QED) is 0.698. The van der Waals surface area contributed by atoms with Gasteiger partial charge in [0, 0.05) is 12.0 Å². The Kier molecular flexibility index (Phi) is 4.19. The molecule has 7 heteroatoms. The van der Waals surface area contributed by atoms with Gasteiger partial charge in [0.25, 0.3) is 0 Å². The van der Waals surface area contributed by atoms with Crippen molar-refractivity contribution >= 4 is 17.8 Å². The molecular weight excluding hydrogens is 238 g/mol. The molecule has 0 aliphatic rings. The first-order valence-corrected chi connectivity index (χ1v) is 5.35. The van der Waals surface area contributed by atoms with Crippen molar-refractivity contribution in [1.29, 1.82) is 0 Å². The van der Waals surface area contributed by atoms with Gasteiger partial charge in [0.1, 0.15) is 5.82 Å². The van der Waals surface area contributed by atoms with Crippen molar-refractivity contribution in [3.63, 3.8) is 0 Å². The Hall–Kier alpha value is -2.18. The van der Waals surface area contributed by atoms with Gasteiger partial charge in [-0.3, -0.25) is 4.79 Å². The van der Waals surface area contributed by atoms with Gasteiger partial charge in [-0.25, -0.2) is 14.8 Å². The highest BCUT2D eigenvalue weighted by atomic mass is 16.4. The first kappa shape index (κ1) is 13.9. The minimum absolute atomic E-state index is 0.0423. The predicted molar refractivity (Wildman–Crippen MR) is 63.6 cm³/mol. The van der Waals surface area contributed by atoms with E-state index < -0.39 is 17.5 Å². The Bertz CT molecular complexity index is 442. The number of aliphatic carboxylic acids is 1. The summed E-state index contributed by atoms with van der Waals surface area (Å²) in [5.41, 5.74) is -0.596. The van der Waals surface area contributed by atoms with E-state index in [0.717, 1.165) is 6.20 Å². The van der Waals surface area contributed by atoms with Gasteiger partial charge in [0.2, 0.25) is 0 Å². The molecule has 0 aliphatic heterocycles. The predicted octanol–water partition coefficient (Wildman–Crippen LogP) is 1.23. The van der Waals surface area contributed by atoms with Crippen molar-refractivity contribution in [2.24, 2.45) is 0 Å². The molecule has 0 fully saturated rings. The summed E-state index contributed by atoms with van der Waals surface area (Å²) >= 11 is 0. The number of rotatable bonds is 6. The number of aromatic carboxylic acids is 1. The fraction of sp³-hybridized carbons (Fsp3) is 0.455. The van der Waals surface area contributed by atoms with Crippen LogP contribution in [0.2, 0.25) is 0 Å². The lowest BCUT2D eigenvalue weighted by atomic mass is 9.98. The summed E-state index contributed by atoms with van der Waals surface area (Å²) in [4.78, 5) is 28.7. The van der Waals surface area contributed by atoms with Crippen LogP contribution in [0.15, 0.2) is 12.4 Å². The number of anilines is 1. The average Bonchev–Trinajstić information content (AvgIpc) is 2.27. The Balaban J connectivity index is 2.65. The molecule has 0 atom stereocenters. The molecule has 0 spiro atoms. The van der Waals surface area contributed by atoms with Gasteiger partial charge >= 0.3 is 11.9 Å². The molecule has 1 aromatic rings. The highest BCUT2D eigenvalue weighted by Crippen LogP contribution is 2.17.